The van der Waals surface area contributed by atoms with E-state index >= 15 is 0 Å². The van der Waals surface area contributed by atoms with Gasteiger partial charge >= 0.3 is 0 Å². The summed E-state index contributed by atoms with van der Waals surface area (Å²) < 4.78 is 5.60. The first-order valence-corrected chi connectivity index (χ1v) is 6.38. The summed E-state index contributed by atoms with van der Waals surface area (Å²) in [6.07, 6.45) is 3.21. The van der Waals surface area contributed by atoms with Gasteiger partial charge in [0.25, 0.3) is 0 Å². The number of hydrogen-bond acceptors (Lipinski definition) is 4. The Morgan fingerprint density at radius 1 is 1.59 bits per heavy atom. The van der Waals surface area contributed by atoms with Crippen LogP contribution in [-0.2, 0) is 9.53 Å². The first kappa shape index (κ1) is 14.4. The fourth-order valence-corrected chi connectivity index (χ4v) is 1.97. The lowest BCUT2D eigenvalue weighted by Crippen LogP contribution is -2.51. The van der Waals surface area contributed by atoms with Crippen LogP contribution in [0.4, 0.5) is 0 Å². The van der Waals surface area contributed by atoms with E-state index < -0.39 is 11.4 Å². The predicted molar refractivity (Wildman–Crippen MR) is 67.5 cm³/mol. The third-order valence-corrected chi connectivity index (χ3v) is 3.44. The Balaban J connectivity index is 2.33. The van der Waals surface area contributed by atoms with Gasteiger partial charge in [0.1, 0.15) is 0 Å². The van der Waals surface area contributed by atoms with Gasteiger partial charge in [-0.25, -0.2) is 0 Å². The van der Waals surface area contributed by atoms with Crippen molar-refractivity contribution in [1.29, 1.82) is 0 Å². The molecule has 0 bridgehead atoms. The summed E-state index contributed by atoms with van der Waals surface area (Å²) in [4.78, 5) is 13.4. The summed E-state index contributed by atoms with van der Waals surface area (Å²) in [5.41, 5.74) is 10.2. The second kappa shape index (κ2) is 6.33. The van der Waals surface area contributed by atoms with Gasteiger partial charge < -0.3 is 21.1 Å². The smallest absolute Gasteiger partial charge is 0.237 e. The van der Waals surface area contributed by atoms with Gasteiger partial charge in [0.2, 0.25) is 5.91 Å². The van der Waals surface area contributed by atoms with E-state index in [1.807, 2.05) is 0 Å². The second-order valence-corrected chi connectivity index (χ2v) is 5.06. The van der Waals surface area contributed by atoms with Crippen molar-refractivity contribution in [3.05, 3.63) is 0 Å². The zero-order chi connectivity index (χ0) is 12.9. The van der Waals surface area contributed by atoms with Crippen LogP contribution in [0.2, 0.25) is 0 Å². The van der Waals surface area contributed by atoms with Crippen LogP contribution >= 0.6 is 0 Å². The number of carbonyl (C=O) groups excluding carboxylic acids is 1. The summed E-state index contributed by atoms with van der Waals surface area (Å²) in [6, 6.07) is 0. The fourth-order valence-electron chi connectivity index (χ4n) is 1.97. The van der Waals surface area contributed by atoms with Gasteiger partial charge in [-0.05, 0) is 32.7 Å². The highest BCUT2D eigenvalue weighted by molar-refractivity contribution is 5.83. The number of rotatable bonds is 7. The van der Waals surface area contributed by atoms with E-state index in [0.717, 1.165) is 39.1 Å². The van der Waals surface area contributed by atoms with Gasteiger partial charge in [-0.1, -0.05) is 6.92 Å². The largest absolute Gasteiger partial charge is 0.377 e. The first-order chi connectivity index (χ1) is 7.95. The van der Waals surface area contributed by atoms with Crippen LogP contribution in [-0.4, -0.2) is 48.7 Å². The highest BCUT2D eigenvalue weighted by Crippen LogP contribution is 2.14. The van der Waals surface area contributed by atoms with Gasteiger partial charge in [-0.15, -0.1) is 0 Å². The molecule has 0 saturated carbocycles. The predicted octanol–water partition coefficient (Wildman–Crippen LogP) is 0.0801. The maximum atomic E-state index is 11.1. The molecule has 0 aromatic carbocycles. The molecule has 1 heterocycles. The van der Waals surface area contributed by atoms with E-state index in [1.54, 1.807) is 6.92 Å². The van der Waals surface area contributed by atoms with Gasteiger partial charge in [0.15, 0.2) is 0 Å². The molecule has 1 aliphatic heterocycles. The SMILES string of the molecule is CCN(CCC(C)(N)C(N)=O)CC1CCCO1. The quantitative estimate of drug-likeness (QED) is 0.663. The molecule has 1 amide bonds. The number of ether oxygens (including phenoxy) is 1. The third kappa shape index (κ3) is 4.61. The molecule has 1 saturated heterocycles. The van der Waals surface area contributed by atoms with E-state index in [4.69, 9.17) is 16.2 Å². The van der Waals surface area contributed by atoms with Crippen molar-refractivity contribution < 1.29 is 9.53 Å². The summed E-state index contributed by atoms with van der Waals surface area (Å²) in [5.74, 6) is -0.439. The summed E-state index contributed by atoms with van der Waals surface area (Å²) in [6.45, 7) is 7.31. The maximum absolute atomic E-state index is 11.1. The van der Waals surface area contributed by atoms with Crippen LogP contribution in [0.15, 0.2) is 0 Å². The van der Waals surface area contributed by atoms with E-state index in [1.165, 1.54) is 0 Å². The van der Waals surface area contributed by atoms with Crippen molar-refractivity contribution >= 4 is 5.91 Å². The molecule has 0 spiro atoms. The Morgan fingerprint density at radius 2 is 2.29 bits per heavy atom. The lowest BCUT2D eigenvalue weighted by Gasteiger charge is -2.27. The molecular formula is C12H25N3O2. The van der Waals surface area contributed by atoms with Gasteiger partial charge in [0, 0.05) is 19.7 Å². The van der Waals surface area contributed by atoms with Gasteiger partial charge in [-0.2, -0.15) is 0 Å². The molecule has 17 heavy (non-hydrogen) atoms. The molecule has 0 aliphatic carbocycles. The van der Waals surface area contributed by atoms with E-state index in [-0.39, 0.29) is 0 Å². The average Bonchev–Trinajstić information content (AvgIpc) is 2.76. The summed E-state index contributed by atoms with van der Waals surface area (Å²) in [7, 11) is 0. The molecule has 1 rings (SSSR count). The van der Waals surface area contributed by atoms with Crippen molar-refractivity contribution in [3.63, 3.8) is 0 Å². The molecule has 100 valence electrons. The lowest BCUT2D eigenvalue weighted by atomic mass is 9.98. The first-order valence-electron chi connectivity index (χ1n) is 6.38. The highest BCUT2D eigenvalue weighted by Gasteiger charge is 2.26. The van der Waals surface area contributed by atoms with Gasteiger partial charge in [-0.3, -0.25) is 4.79 Å². The van der Waals surface area contributed by atoms with Crippen LogP contribution in [0.3, 0.4) is 0 Å². The standard InChI is InChI=1S/C12H25N3O2/c1-3-15(9-10-5-4-8-17-10)7-6-12(2,14)11(13)16/h10H,3-9,14H2,1-2H3,(H2,13,16). The highest BCUT2D eigenvalue weighted by atomic mass is 16.5. The number of nitrogens with two attached hydrogens (primary N) is 2. The minimum Gasteiger partial charge on any atom is -0.377 e. The number of amides is 1. The van der Waals surface area contributed by atoms with Crippen molar-refractivity contribution in [1.82, 2.24) is 4.90 Å². The molecule has 2 atom stereocenters. The zero-order valence-corrected chi connectivity index (χ0v) is 10.9. The Hall–Kier alpha value is -0.650. The molecule has 2 unspecified atom stereocenters. The molecule has 1 fully saturated rings. The van der Waals surface area contributed by atoms with Crippen LogP contribution in [0.1, 0.15) is 33.1 Å². The van der Waals surface area contributed by atoms with Crippen LogP contribution in [0.5, 0.6) is 0 Å². The Morgan fingerprint density at radius 3 is 2.76 bits per heavy atom. The number of carbonyl (C=O) groups is 1. The molecule has 4 N–H and O–H groups in total. The second-order valence-electron chi connectivity index (χ2n) is 5.06. The van der Waals surface area contributed by atoms with Crippen molar-refractivity contribution in [2.24, 2.45) is 11.5 Å². The minimum absolute atomic E-state index is 0.340. The summed E-state index contributed by atoms with van der Waals surface area (Å²) in [5, 5.41) is 0. The fraction of sp³-hybridized carbons (Fsp3) is 0.917. The number of primary amides is 1. The Kier molecular flexibility index (Phi) is 5.36. The molecular weight excluding hydrogens is 218 g/mol. The Bertz CT molecular complexity index is 250. The van der Waals surface area contributed by atoms with Crippen molar-refractivity contribution in [2.75, 3.05) is 26.2 Å². The van der Waals surface area contributed by atoms with Crippen molar-refractivity contribution in [2.45, 2.75) is 44.8 Å². The Labute approximate surface area is 103 Å². The number of hydrogen-bond donors (Lipinski definition) is 2. The average molecular weight is 243 g/mol. The monoisotopic (exact) mass is 243 g/mol. The molecule has 1 aliphatic rings. The maximum Gasteiger partial charge on any atom is 0.237 e. The van der Waals surface area contributed by atoms with E-state index in [9.17, 15) is 4.79 Å². The van der Waals surface area contributed by atoms with E-state index in [2.05, 4.69) is 11.8 Å². The lowest BCUT2D eigenvalue weighted by molar-refractivity contribution is -0.122. The van der Waals surface area contributed by atoms with Gasteiger partial charge in [0.05, 0.1) is 11.6 Å². The molecule has 5 heteroatoms. The minimum atomic E-state index is -0.913. The van der Waals surface area contributed by atoms with Crippen LogP contribution in [0.25, 0.3) is 0 Å². The molecule has 0 radical (unpaired) electrons. The third-order valence-electron chi connectivity index (χ3n) is 3.44. The molecule has 0 aromatic heterocycles. The zero-order valence-electron chi connectivity index (χ0n) is 10.9. The van der Waals surface area contributed by atoms with Crippen LogP contribution in [0, 0.1) is 0 Å². The van der Waals surface area contributed by atoms with Crippen molar-refractivity contribution in [3.8, 4) is 0 Å². The molecule has 5 nitrogen and oxygen atoms in total. The number of nitrogens with zero attached hydrogens (tertiary/aromatic N) is 1. The molecule has 0 aromatic rings. The summed E-state index contributed by atoms with van der Waals surface area (Å²) >= 11 is 0. The number of likely N-dealkylation sites (N-methyl/N-ethyl adjacent to an activating group) is 1. The van der Waals surface area contributed by atoms with Crippen LogP contribution < -0.4 is 11.5 Å². The topological polar surface area (TPSA) is 81.6 Å². The normalized spacial score (nSPS) is 23.9. The van der Waals surface area contributed by atoms with E-state index in [0.29, 0.717) is 12.5 Å².